The van der Waals surface area contributed by atoms with E-state index in [4.69, 9.17) is 4.74 Å². The number of alkyl halides is 3. The summed E-state index contributed by atoms with van der Waals surface area (Å²) in [5.74, 6) is -0.563. The number of amides is 1. The molecule has 0 bridgehead atoms. The minimum absolute atomic E-state index is 0. The molecule has 0 aromatic heterocycles. The van der Waals surface area contributed by atoms with Crippen molar-refractivity contribution in [2.45, 2.75) is 31.6 Å². The van der Waals surface area contributed by atoms with Crippen molar-refractivity contribution in [3.05, 3.63) is 65.2 Å². The number of ether oxygens (including phenoxy) is 1. The molecule has 0 spiro atoms. The van der Waals surface area contributed by atoms with Crippen molar-refractivity contribution in [1.82, 2.24) is 0 Å². The molecule has 1 amide bonds. The van der Waals surface area contributed by atoms with Gasteiger partial charge in [-0.3, -0.25) is 4.79 Å². The first-order chi connectivity index (χ1) is 13.6. The van der Waals surface area contributed by atoms with Crippen LogP contribution in [0.4, 0.5) is 18.9 Å². The highest BCUT2D eigenvalue weighted by atomic mass is 35.5. The number of anilines is 1. The molecule has 2 aromatic rings. The Morgan fingerprint density at radius 3 is 2.43 bits per heavy atom. The third-order valence-corrected chi connectivity index (χ3v) is 5.41. The molecule has 1 N–H and O–H groups in total. The van der Waals surface area contributed by atoms with Gasteiger partial charge in [0.15, 0.2) is 0 Å². The van der Waals surface area contributed by atoms with Crippen LogP contribution in [0.1, 0.15) is 34.3 Å². The minimum atomic E-state index is -4.48. The average molecular weight is 443 g/mol. The Kier molecular flexibility index (Phi) is 7.91. The summed E-state index contributed by atoms with van der Waals surface area (Å²) in [5, 5.41) is 2.71. The van der Waals surface area contributed by atoms with Gasteiger partial charge in [0.1, 0.15) is 6.54 Å². The molecule has 1 saturated heterocycles. The number of nitrogens with zero attached hydrogens (tertiary/aromatic N) is 1. The fourth-order valence-electron chi connectivity index (χ4n) is 3.77. The summed E-state index contributed by atoms with van der Waals surface area (Å²) in [4.78, 5) is 12.4. The van der Waals surface area contributed by atoms with Crippen LogP contribution in [-0.4, -0.2) is 43.7 Å². The highest BCUT2D eigenvalue weighted by Gasteiger charge is 2.31. The zero-order chi connectivity index (χ0) is 21.1. The number of hydrogen-bond donors (Lipinski definition) is 1. The van der Waals surface area contributed by atoms with Crippen LogP contribution in [0.2, 0.25) is 0 Å². The van der Waals surface area contributed by atoms with Gasteiger partial charge in [-0.05, 0) is 30.3 Å². The SMILES string of the molecule is C[N+](C)(Cc1cccc(NC(=O)c2cccc(C(F)(F)F)c2)c1)C1CCOCC1.[Cl-]. The van der Waals surface area contributed by atoms with Crippen molar-refractivity contribution in [2.75, 3.05) is 32.6 Å². The van der Waals surface area contributed by atoms with Crippen LogP contribution >= 0.6 is 0 Å². The zero-order valence-corrected chi connectivity index (χ0v) is 17.8. The van der Waals surface area contributed by atoms with Gasteiger partial charge >= 0.3 is 6.18 Å². The summed E-state index contributed by atoms with van der Waals surface area (Å²) >= 11 is 0. The molecular weight excluding hydrogens is 417 g/mol. The second-order valence-electron chi connectivity index (χ2n) is 8.01. The summed E-state index contributed by atoms with van der Waals surface area (Å²) in [7, 11) is 4.37. The van der Waals surface area contributed by atoms with Gasteiger partial charge in [0, 0.05) is 29.7 Å². The van der Waals surface area contributed by atoms with E-state index in [-0.39, 0.29) is 18.0 Å². The lowest BCUT2D eigenvalue weighted by Crippen LogP contribution is -3.00. The highest BCUT2D eigenvalue weighted by Crippen LogP contribution is 2.30. The molecule has 30 heavy (non-hydrogen) atoms. The molecule has 1 heterocycles. The molecule has 0 unspecified atom stereocenters. The first kappa shape index (κ1) is 24.2. The van der Waals surface area contributed by atoms with E-state index in [0.717, 1.165) is 54.8 Å². The molecule has 0 saturated carbocycles. The van der Waals surface area contributed by atoms with Crippen molar-refractivity contribution < 1.29 is 39.6 Å². The van der Waals surface area contributed by atoms with E-state index < -0.39 is 17.6 Å². The number of halogens is 4. The van der Waals surface area contributed by atoms with Crippen LogP contribution in [0.25, 0.3) is 0 Å². The van der Waals surface area contributed by atoms with Crippen molar-refractivity contribution >= 4 is 11.6 Å². The van der Waals surface area contributed by atoms with E-state index in [1.807, 2.05) is 18.2 Å². The Hall–Kier alpha value is -2.09. The summed E-state index contributed by atoms with van der Waals surface area (Å²) in [6.07, 6.45) is -2.46. The van der Waals surface area contributed by atoms with Crippen LogP contribution in [0.5, 0.6) is 0 Å². The third-order valence-electron chi connectivity index (χ3n) is 5.41. The van der Waals surface area contributed by atoms with E-state index in [1.54, 1.807) is 6.07 Å². The van der Waals surface area contributed by atoms with Gasteiger partial charge in [-0.25, -0.2) is 0 Å². The van der Waals surface area contributed by atoms with Gasteiger partial charge in [0.05, 0.1) is 38.9 Å². The Morgan fingerprint density at radius 2 is 1.77 bits per heavy atom. The van der Waals surface area contributed by atoms with E-state index in [9.17, 15) is 18.0 Å². The zero-order valence-electron chi connectivity index (χ0n) is 17.0. The number of carbonyl (C=O) groups excluding carboxylic acids is 1. The van der Waals surface area contributed by atoms with Gasteiger partial charge in [0.2, 0.25) is 0 Å². The second kappa shape index (κ2) is 9.81. The highest BCUT2D eigenvalue weighted by molar-refractivity contribution is 6.04. The van der Waals surface area contributed by atoms with Gasteiger partial charge in [-0.15, -0.1) is 0 Å². The standard InChI is InChI=1S/C22H25F3N2O2.ClH/c1-27(2,20-9-11-29-12-10-20)15-16-5-3-8-19(13-16)26-21(28)17-6-4-7-18(14-17)22(23,24)25;/h3-8,13-14,20H,9-12,15H2,1-2H3;1H. The Bertz CT molecular complexity index is 865. The molecule has 2 aromatic carbocycles. The Morgan fingerprint density at radius 1 is 1.10 bits per heavy atom. The predicted molar refractivity (Wildman–Crippen MR) is 105 cm³/mol. The van der Waals surface area contributed by atoms with Crippen LogP contribution in [0.3, 0.4) is 0 Å². The summed E-state index contributed by atoms with van der Waals surface area (Å²) < 4.78 is 44.9. The fourth-order valence-corrected chi connectivity index (χ4v) is 3.77. The lowest BCUT2D eigenvalue weighted by Gasteiger charge is -2.40. The van der Waals surface area contributed by atoms with Gasteiger partial charge in [-0.2, -0.15) is 13.2 Å². The number of carbonyl (C=O) groups is 1. The topological polar surface area (TPSA) is 38.3 Å². The largest absolute Gasteiger partial charge is 1.00 e. The maximum absolute atomic E-state index is 12.9. The third kappa shape index (κ3) is 6.20. The number of benzene rings is 2. The summed E-state index contributed by atoms with van der Waals surface area (Å²) in [6, 6.07) is 12.4. The maximum Gasteiger partial charge on any atom is 0.416 e. The Balaban J connectivity index is 0.00000320. The van der Waals surface area contributed by atoms with E-state index >= 15 is 0 Å². The normalized spacial score (nSPS) is 15.4. The lowest BCUT2D eigenvalue weighted by atomic mass is 10.0. The Labute approximate surface area is 181 Å². The maximum atomic E-state index is 12.9. The molecule has 164 valence electrons. The number of hydrogen-bond acceptors (Lipinski definition) is 2. The van der Waals surface area contributed by atoms with Crippen molar-refractivity contribution in [2.24, 2.45) is 0 Å². The van der Waals surface area contributed by atoms with Gasteiger partial charge in [0.25, 0.3) is 5.91 Å². The summed E-state index contributed by atoms with van der Waals surface area (Å²) in [5.41, 5.74) is 0.762. The number of nitrogens with one attached hydrogen (secondary N) is 1. The number of quaternary nitrogens is 1. The second-order valence-corrected chi connectivity index (χ2v) is 8.01. The lowest BCUT2D eigenvalue weighted by molar-refractivity contribution is -0.929. The van der Waals surface area contributed by atoms with Crippen LogP contribution in [0, 0.1) is 0 Å². The monoisotopic (exact) mass is 442 g/mol. The van der Waals surface area contributed by atoms with Crippen molar-refractivity contribution in [1.29, 1.82) is 0 Å². The summed E-state index contributed by atoms with van der Waals surface area (Å²) in [6.45, 7) is 2.34. The van der Waals surface area contributed by atoms with Crippen LogP contribution < -0.4 is 17.7 Å². The molecule has 0 atom stereocenters. The van der Waals surface area contributed by atoms with Crippen LogP contribution in [-0.2, 0) is 17.5 Å². The van der Waals surface area contributed by atoms with E-state index in [1.165, 1.54) is 12.1 Å². The predicted octanol–water partition coefficient (Wildman–Crippen LogP) is 1.72. The molecule has 0 radical (unpaired) electrons. The molecule has 1 fully saturated rings. The molecule has 1 aliphatic rings. The quantitative estimate of drug-likeness (QED) is 0.716. The fraction of sp³-hybridized carbons (Fsp3) is 0.409. The van der Waals surface area contributed by atoms with Crippen molar-refractivity contribution in [3.63, 3.8) is 0 Å². The first-order valence-electron chi connectivity index (χ1n) is 9.63. The van der Waals surface area contributed by atoms with Gasteiger partial charge in [-0.1, -0.05) is 18.2 Å². The van der Waals surface area contributed by atoms with E-state index in [2.05, 4.69) is 19.4 Å². The smallest absolute Gasteiger partial charge is 0.416 e. The molecular formula is C22H26ClF3N2O2. The molecule has 0 aliphatic carbocycles. The number of rotatable bonds is 5. The molecule has 3 rings (SSSR count). The average Bonchev–Trinajstić information content (AvgIpc) is 2.68. The molecule has 4 nitrogen and oxygen atoms in total. The first-order valence-corrected chi connectivity index (χ1v) is 9.63. The van der Waals surface area contributed by atoms with Gasteiger partial charge < -0.3 is 26.9 Å². The van der Waals surface area contributed by atoms with Crippen molar-refractivity contribution in [3.8, 4) is 0 Å². The molecule has 8 heteroatoms. The van der Waals surface area contributed by atoms with Crippen LogP contribution in [0.15, 0.2) is 48.5 Å². The minimum Gasteiger partial charge on any atom is -1.00 e. The van der Waals surface area contributed by atoms with E-state index in [0.29, 0.717) is 11.7 Å². The molecule has 1 aliphatic heterocycles.